The fourth-order valence-electron chi connectivity index (χ4n) is 4.61. The molecule has 3 N–H and O–H groups in total. The van der Waals surface area contributed by atoms with Crippen molar-refractivity contribution < 1.29 is 18.7 Å². The molecule has 11 heteroatoms. The van der Waals surface area contributed by atoms with Crippen LogP contribution in [0.5, 0.6) is 5.75 Å². The molecule has 1 aliphatic carbocycles. The number of hydrogen-bond donors (Lipinski definition) is 2. The van der Waals surface area contributed by atoms with Crippen molar-refractivity contribution in [2.75, 3.05) is 37.5 Å². The van der Waals surface area contributed by atoms with E-state index in [2.05, 4.69) is 5.32 Å². The van der Waals surface area contributed by atoms with E-state index in [1.165, 1.54) is 11.7 Å². The molecular weight excluding hydrogens is 445 g/mol. The molecule has 1 saturated heterocycles. The molecule has 4 rings (SSSR count). The van der Waals surface area contributed by atoms with Crippen LogP contribution in [0.15, 0.2) is 15.7 Å². The van der Waals surface area contributed by atoms with Crippen LogP contribution >= 0.6 is 0 Å². The predicted molar refractivity (Wildman–Crippen MR) is 127 cm³/mol. The number of aromatic nitrogens is 2. The first-order valence-corrected chi connectivity index (χ1v) is 11.5. The standard InChI is InChI=1S/C23H32FN5O5/c1-12-10-27(11-13(12)9-26-21(31)34-23(2,3)4)18-16(24)8-15-17(19(18)33-5)28(14-6-7-14)22(32)29(25)20(15)30/h8,12-14H,6-7,9-11,25H2,1-5H3,(H,26,31)/t12-,13-/m1/s1. The molecule has 1 aliphatic heterocycles. The molecule has 1 saturated carbocycles. The van der Waals surface area contributed by atoms with Gasteiger partial charge >= 0.3 is 11.8 Å². The van der Waals surface area contributed by atoms with Crippen LogP contribution in [0.25, 0.3) is 10.9 Å². The topological polar surface area (TPSA) is 121 Å². The number of nitrogens with two attached hydrogens (primary N) is 1. The Morgan fingerprint density at radius 1 is 1.26 bits per heavy atom. The fraction of sp³-hybridized carbons (Fsp3) is 0.609. The van der Waals surface area contributed by atoms with Crippen molar-refractivity contribution in [3.63, 3.8) is 0 Å². The number of benzene rings is 1. The molecule has 2 fully saturated rings. The van der Waals surface area contributed by atoms with Gasteiger partial charge in [0, 0.05) is 25.7 Å². The number of nitrogen functional groups attached to an aromatic ring is 1. The lowest BCUT2D eigenvalue weighted by atomic mass is 9.98. The van der Waals surface area contributed by atoms with Crippen LogP contribution in [0.3, 0.4) is 0 Å². The zero-order chi connectivity index (χ0) is 24.9. The first kappa shape index (κ1) is 23.9. The van der Waals surface area contributed by atoms with Crippen molar-refractivity contribution in [1.82, 2.24) is 14.6 Å². The molecule has 2 heterocycles. The minimum Gasteiger partial charge on any atom is -0.492 e. The maximum absolute atomic E-state index is 15.4. The lowest BCUT2D eigenvalue weighted by Gasteiger charge is -2.24. The van der Waals surface area contributed by atoms with Gasteiger partial charge in [-0.2, -0.15) is 4.68 Å². The average molecular weight is 478 g/mol. The van der Waals surface area contributed by atoms with E-state index in [0.29, 0.717) is 24.3 Å². The summed E-state index contributed by atoms with van der Waals surface area (Å²) >= 11 is 0. The van der Waals surface area contributed by atoms with E-state index in [1.807, 2.05) is 11.8 Å². The van der Waals surface area contributed by atoms with Crippen molar-refractivity contribution in [1.29, 1.82) is 0 Å². The zero-order valence-corrected chi connectivity index (χ0v) is 20.2. The van der Waals surface area contributed by atoms with Gasteiger partial charge in [0.2, 0.25) is 0 Å². The van der Waals surface area contributed by atoms with Gasteiger partial charge in [-0.15, -0.1) is 0 Å². The van der Waals surface area contributed by atoms with Crippen LogP contribution in [-0.2, 0) is 4.74 Å². The van der Waals surface area contributed by atoms with Crippen molar-refractivity contribution in [2.24, 2.45) is 11.8 Å². The maximum atomic E-state index is 15.4. The highest BCUT2D eigenvalue weighted by molar-refractivity contribution is 5.91. The van der Waals surface area contributed by atoms with Gasteiger partial charge in [-0.05, 0) is 51.5 Å². The van der Waals surface area contributed by atoms with E-state index in [1.54, 1.807) is 20.8 Å². The lowest BCUT2D eigenvalue weighted by Crippen LogP contribution is -2.44. The number of hydrogen-bond acceptors (Lipinski definition) is 7. The third-order valence-electron chi connectivity index (χ3n) is 6.39. The summed E-state index contributed by atoms with van der Waals surface area (Å²) in [5, 5.41) is 2.80. The Labute approximate surface area is 196 Å². The second-order valence-corrected chi connectivity index (χ2v) is 10.2. The molecule has 186 valence electrons. The van der Waals surface area contributed by atoms with E-state index in [-0.39, 0.29) is 40.2 Å². The molecule has 0 radical (unpaired) electrons. The summed E-state index contributed by atoms with van der Waals surface area (Å²) in [4.78, 5) is 39.4. The van der Waals surface area contributed by atoms with Gasteiger partial charge in [0.1, 0.15) is 16.8 Å². The Morgan fingerprint density at radius 3 is 2.53 bits per heavy atom. The van der Waals surface area contributed by atoms with Crippen LogP contribution in [-0.4, -0.2) is 47.7 Å². The Balaban J connectivity index is 1.70. The second kappa shape index (κ2) is 8.52. The van der Waals surface area contributed by atoms with Crippen LogP contribution < -0.4 is 32.0 Å². The lowest BCUT2D eigenvalue weighted by molar-refractivity contribution is 0.0518. The van der Waals surface area contributed by atoms with E-state index < -0.39 is 28.8 Å². The Morgan fingerprint density at radius 2 is 1.94 bits per heavy atom. The number of carbonyl (C=O) groups excluding carboxylic acids is 1. The van der Waals surface area contributed by atoms with Crippen molar-refractivity contribution in [3.05, 3.63) is 32.7 Å². The first-order valence-electron chi connectivity index (χ1n) is 11.5. The van der Waals surface area contributed by atoms with Crippen LogP contribution in [0.2, 0.25) is 0 Å². The van der Waals surface area contributed by atoms with Crippen molar-refractivity contribution in [3.8, 4) is 5.75 Å². The summed E-state index contributed by atoms with van der Waals surface area (Å²) in [6.07, 6.45) is 1.03. The molecule has 1 aromatic carbocycles. The minimum atomic E-state index is -0.769. The van der Waals surface area contributed by atoms with E-state index in [9.17, 15) is 14.4 Å². The summed E-state index contributed by atoms with van der Waals surface area (Å²) < 4.78 is 28.3. The number of methoxy groups -OCH3 is 1. The van der Waals surface area contributed by atoms with Crippen molar-refractivity contribution in [2.45, 2.75) is 52.2 Å². The Hall–Kier alpha value is -3.24. The summed E-state index contributed by atoms with van der Waals surface area (Å²) in [5.41, 5.74) is -1.55. The highest BCUT2D eigenvalue weighted by Gasteiger charge is 2.36. The maximum Gasteiger partial charge on any atom is 0.407 e. The van der Waals surface area contributed by atoms with Gasteiger partial charge in [0.25, 0.3) is 5.56 Å². The Bertz CT molecular complexity index is 1240. The van der Waals surface area contributed by atoms with Gasteiger partial charge < -0.3 is 25.5 Å². The SMILES string of the molecule is COc1c(N2C[C@@H](CNC(=O)OC(C)(C)C)[C@H](C)C2)c(F)cc2c(=O)n(N)c(=O)n(C3CC3)c12. The molecule has 10 nitrogen and oxygen atoms in total. The molecule has 1 amide bonds. The third-order valence-corrected chi connectivity index (χ3v) is 6.39. The predicted octanol–water partition coefficient (Wildman–Crippen LogP) is 1.96. The van der Waals surface area contributed by atoms with Gasteiger partial charge in [0.15, 0.2) is 11.6 Å². The number of rotatable bonds is 5. The van der Waals surface area contributed by atoms with Crippen molar-refractivity contribution >= 4 is 22.7 Å². The molecule has 0 spiro atoms. The molecule has 2 atom stereocenters. The molecule has 1 aromatic heterocycles. The fourth-order valence-corrected chi connectivity index (χ4v) is 4.61. The number of nitrogens with zero attached hydrogens (tertiary/aromatic N) is 3. The summed E-state index contributed by atoms with van der Waals surface area (Å²) in [6.45, 7) is 8.75. The van der Waals surface area contributed by atoms with Gasteiger partial charge in [-0.1, -0.05) is 6.92 Å². The summed E-state index contributed by atoms with van der Waals surface area (Å²) in [7, 11) is 1.40. The normalized spacial score (nSPS) is 20.6. The number of carbonyl (C=O) groups is 1. The number of amides is 1. The van der Waals surface area contributed by atoms with E-state index in [4.69, 9.17) is 15.3 Å². The quantitative estimate of drug-likeness (QED) is 0.632. The van der Waals surface area contributed by atoms with Crippen LogP contribution in [0.1, 0.15) is 46.6 Å². The number of fused-ring (bicyclic) bond motifs is 1. The molecular formula is C23H32FN5O5. The minimum absolute atomic E-state index is 0.00230. The molecule has 0 bridgehead atoms. The van der Waals surface area contributed by atoms with E-state index in [0.717, 1.165) is 18.9 Å². The number of alkyl carbamates (subject to hydrolysis) is 1. The number of ether oxygens (including phenoxy) is 2. The molecule has 0 unspecified atom stereocenters. The summed E-state index contributed by atoms with van der Waals surface area (Å²) in [6, 6.07) is 1.02. The number of halogens is 1. The highest BCUT2D eigenvalue weighted by atomic mass is 19.1. The van der Waals surface area contributed by atoms with E-state index >= 15 is 4.39 Å². The smallest absolute Gasteiger partial charge is 0.407 e. The van der Waals surface area contributed by atoms with Gasteiger partial charge in [-0.25, -0.2) is 14.0 Å². The highest BCUT2D eigenvalue weighted by Crippen LogP contribution is 2.43. The average Bonchev–Trinajstić information content (AvgIpc) is 3.51. The monoisotopic (exact) mass is 477 g/mol. The van der Waals surface area contributed by atoms with Gasteiger partial charge in [0.05, 0.1) is 12.5 Å². The number of anilines is 1. The molecule has 34 heavy (non-hydrogen) atoms. The third kappa shape index (κ3) is 4.30. The molecule has 2 aliphatic rings. The first-order chi connectivity index (χ1) is 15.9. The Kier molecular flexibility index (Phi) is 5.99. The van der Waals surface area contributed by atoms with Crippen LogP contribution in [0, 0.1) is 17.7 Å². The zero-order valence-electron chi connectivity index (χ0n) is 20.2. The van der Waals surface area contributed by atoms with Crippen LogP contribution in [0.4, 0.5) is 14.9 Å². The summed E-state index contributed by atoms with van der Waals surface area (Å²) in [5.74, 6) is 5.39. The largest absolute Gasteiger partial charge is 0.492 e. The molecule has 2 aromatic rings. The second-order valence-electron chi connectivity index (χ2n) is 10.2. The number of nitrogens with one attached hydrogen (secondary N) is 1. The van der Waals surface area contributed by atoms with Gasteiger partial charge in [-0.3, -0.25) is 9.36 Å².